The van der Waals surface area contributed by atoms with E-state index in [4.69, 9.17) is 0 Å². The Balaban J connectivity index is 1.78. The second kappa shape index (κ2) is 7.95. The summed E-state index contributed by atoms with van der Waals surface area (Å²) in [5, 5.41) is 6.25. The Hall–Kier alpha value is -2.73. The van der Waals surface area contributed by atoms with Gasteiger partial charge in [-0.15, -0.1) is 0 Å². The lowest BCUT2D eigenvalue weighted by Gasteiger charge is -2.34. The molecule has 1 amide bonds. The highest BCUT2D eigenvalue weighted by atomic mass is 79.9. The van der Waals surface area contributed by atoms with Crippen LogP contribution in [0.4, 0.5) is 5.82 Å². The molecule has 2 aliphatic rings. The van der Waals surface area contributed by atoms with Crippen LogP contribution >= 0.6 is 15.9 Å². The van der Waals surface area contributed by atoms with Crippen LogP contribution in [-0.4, -0.2) is 16.7 Å². The number of carbonyl (C=O) groups excluding carboxylic acids is 2. The number of nitrogens with zero attached hydrogens (tertiary/aromatic N) is 1. The van der Waals surface area contributed by atoms with Crippen molar-refractivity contribution in [3.63, 3.8) is 0 Å². The maximum atomic E-state index is 13.3. The summed E-state index contributed by atoms with van der Waals surface area (Å²) >= 11 is 3.47. The van der Waals surface area contributed by atoms with Crippen LogP contribution in [0.15, 0.2) is 69.6 Å². The van der Waals surface area contributed by atoms with Crippen molar-refractivity contribution in [2.45, 2.75) is 39.0 Å². The van der Waals surface area contributed by atoms with Gasteiger partial charge in [-0.05, 0) is 62.1 Å². The van der Waals surface area contributed by atoms with E-state index in [2.05, 4.69) is 31.5 Å². The minimum atomic E-state index is -0.392. The van der Waals surface area contributed by atoms with Crippen molar-refractivity contribution in [1.29, 1.82) is 0 Å². The maximum absolute atomic E-state index is 13.3. The van der Waals surface area contributed by atoms with Crippen LogP contribution < -0.4 is 10.6 Å². The van der Waals surface area contributed by atoms with E-state index >= 15 is 0 Å². The fourth-order valence-electron chi connectivity index (χ4n) is 4.06. The van der Waals surface area contributed by atoms with E-state index in [1.807, 2.05) is 50.2 Å². The van der Waals surface area contributed by atoms with Crippen molar-refractivity contribution in [2.24, 2.45) is 0 Å². The molecule has 0 fully saturated rings. The summed E-state index contributed by atoms with van der Waals surface area (Å²) in [4.78, 5) is 30.5. The predicted molar refractivity (Wildman–Crippen MR) is 116 cm³/mol. The molecule has 6 heteroatoms. The van der Waals surface area contributed by atoms with Crippen molar-refractivity contribution in [3.8, 4) is 0 Å². The van der Waals surface area contributed by atoms with Crippen molar-refractivity contribution >= 4 is 33.4 Å². The van der Waals surface area contributed by atoms with Crippen LogP contribution in [0.1, 0.15) is 43.2 Å². The average Bonchev–Trinajstić information content (AvgIpc) is 2.67. The lowest BCUT2D eigenvalue weighted by Crippen LogP contribution is -2.35. The lowest BCUT2D eigenvalue weighted by molar-refractivity contribution is -0.116. The normalized spacial score (nSPS) is 19.0. The number of aromatic nitrogens is 1. The molecule has 1 aromatic carbocycles. The number of aryl methyl sites for hydroxylation is 1. The standard InChI is InChI=1S/C23H22BrN3O2/c1-13-10-11-25-19(12-13)27-23(29)20-14(2)26-17-4-3-5-18(28)22(17)21(20)15-6-8-16(24)9-7-15/h6-12,21,26H,3-5H2,1-2H3,(H,25,27,29)/t21-/m1/s1. The van der Waals surface area contributed by atoms with Gasteiger partial charge in [0.25, 0.3) is 5.91 Å². The first kappa shape index (κ1) is 19.6. The maximum Gasteiger partial charge on any atom is 0.255 e. The number of amides is 1. The number of nitrogens with one attached hydrogen (secondary N) is 2. The number of halogens is 1. The van der Waals surface area contributed by atoms with Crippen LogP contribution in [0, 0.1) is 6.92 Å². The number of anilines is 1. The molecule has 0 saturated heterocycles. The van der Waals surface area contributed by atoms with E-state index in [1.54, 1.807) is 6.20 Å². The largest absolute Gasteiger partial charge is 0.362 e. The van der Waals surface area contributed by atoms with Crippen LogP contribution in [0.2, 0.25) is 0 Å². The molecule has 2 N–H and O–H groups in total. The van der Waals surface area contributed by atoms with Gasteiger partial charge < -0.3 is 10.6 Å². The summed E-state index contributed by atoms with van der Waals surface area (Å²) in [6.45, 7) is 3.85. The second-order valence-electron chi connectivity index (χ2n) is 7.49. The second-order valence-corrected chi connectivity index (χ2v) is 8.41. The summed E-state index contributed by atoms with van der Waals surface area (Å²) in [5.41, 5.74) is 4.93. The van der Waals surface area contributed by atoms with Crippen molar-refractivity contribution < 1.29 is 9.59 Å². The van der Waals surface area contributed by atoms with Crippen LogP contribution in [0.3, 0.4) is 0 Å². The van der Waals surface area contributed by atoms with Gasteiger partial charge in [0.2, 0.25) is 0 Å². The van der Waals surface area contributed by atoms with Gasteiger partial charge in [0.15, 0.2) is 5.78 Å². The molecule has 5 nitrogen and oxygen atoms in total. The first-order valence-electron chi connectivity index (χ1n) is 9.67. The molecule has 1 atom stereocenters. The smallest absolute Gasteiger partial charge is 0.255 e. The van der Waals surface area contributed by atoms with Crippen LogP contribution in [0.5, 0.6) is 0 Å². The van der Waals surface area contributed by atoms with E-state index in [0.29, 0.717) is 23.4 Å². The number of rotatable bonds is 3. The molecule has 0 bridgehead atoms. The number of benzene rings is 1. The van der Waals surface area contributed by atoms with Gasteiger partial charge in [-0.1, -0.05) is 28.1 Å². The van der Waals surface area contributed by atoms with Gasteiger partial charge in [-0.25, -0.2) is 4.98 Å². The fourth-order valence-corrected chi connectivity index (χ4v) is 4.33. The average molecular weight is 452 g/mol. The Morgan fingerprint density at radius 2 is 1.93 bits per heavy atom. The molecule has 4 rings (SSSR count). The Morgan fingerprint density at radius 3 is 2.66 bits per heavy atom. The van der Waals surface area contributed by atoms with Crippen molar-refractivity contribution in [2.75, 3.05) is 5.32 Å². The third-order valence-electron chi connectivity index (χ3n) is 5.38. The minimum Gasteiger partial charge on any atom is -0.362 e. The number of hydrogen-bond donors (Lipinski definition) is 2. The van der Waals surface area contributed by atoms with Gasteiger partial charge >= 0.3 is 0 Å². The third-order valence-corrected chi connectivity index (χ3v) is 5.91. The quantitative estimate of drug-likeness (QED) is 0.705. The van der Waals surface area contributed by atoms with Gasteiger partial charge in [-0.3, -0.25) is 9.59 Å². The summed E-state index contributed by atoms with van der Waals surface area (Å²) in [6, 6.07) is 11.5. The number of ketones is 1. The van der Waals surface area contributed by atoms with E-state index in [0.717, 1.165) is 39.8 Å². The summed E-state index contributed by atoms with van der Waals surface area (Å²) in [7, 11) is 0. The highest BCUT2D eigenvalue weighted by molar-refractivity contribution is 9.10. The zero-order valence-corrected chi connectivity index (χ0v) is 18.0. The molecule has 0 unspecified atom stereocenters. The Kier molecular flexibility index (Phi) is 5.37. The number of allylic oxidation sites excluding steroid dienone is 3. The van der Waals surface area contributed by atoms with Gasteiger partial charge in [0.1, 0.15) is 5.82 Å². The Morgan fingerprint density at radius 1 is 1.17 bits per heavy atom. The van der Waals surface area contributed by atoms with E-state index in [9.17, 15) is 9.59 Å². The predicted octanol–water partition coefficient (Wildman–Crippen LogP) is 4.76. The lowest BCUT2D eigenvalue weighted by atomic mass is 9.75. The van der Waals surface area contributed by atoms with Crippen LogP contribution in [-0.2, 0) is 9.59 Å². The number of dihydropyridines is 1. The molecule has 1 aliphatic carbocycles. The molecule has 0 saturated carbocycles. The third kappa shape index (κ3) is 3.90. The molecule has 0 radical (unpaired) electrons. The van der Waals surface area contributed by atoms with Crippen LogP contribution in [0.25, 0.3) is 0 Å². The zero-order chi connectivity index (χ0) is 20.5. The highest BCUT2D eigenvalue weighted by Gasteiger charge is 2.38. The molecule has 29 heavy (non-hydrogen) atoms. The first-order valence-corrected chi connectivity index (χ1v) is 10.5. The van der Waals surface area contributed by atoms with Crippen molar-refractivity contribution in [3.05, 3.63) is 80.7 Å². The highest BCUT2D eigenvalue weighted by Crippen LogP contribution is 2.42. The zero-order valence-electron chi connectivity index (χ0n) is 16.4. The molecule has 1 aliphatic heterocycles. The van der Waals surface area contributed by atoms with E-state index < -0.39 is 5.92 Å². The summed E-state index contributed by atoms with van der Waals surface area (Å²) in [5.74, 6) is -0.0272. The minimum absolute atomic E-state index is 0.109. The summed E-state index contributed by atoms with van der Waals surface area (Å²) in [6.07, 6.45) is 3.84. The van der Waals surface area contributed by atoms with E-state index in [1.165, 1.54) is 0 Å². The molecule has 1 aromatic heterocycles. The fraction of sp³-hybridized carbons (Fsp3) is 0.261. The molecule has 2 aromatic rings. The SMILES string of the molecule is CC1=C(C(=O)Nc2cc(C)ccn2)[C@@H](c2ccc(Br)cc2)C2=C(CCCC2=O)N1. The van der Waals surface area contributed by atoms with Gasteiger partial charge in [0, 0.05) is 45.5 Å². The number of carbonyl (C=O) groups is 2. The first-order chi connectivity index (χ1) is 13.9. The summed E-state index contributed by atoms with van der Waals surface area (Å²) < 4.78 is 0.954. The Bertz CT molecular complexity index is 1050. The molecular formula is C23H22BrN3O2. The van der Waals surface area contributed by atoms with Gasteiger partial charge in [-0.2, -0.15) is 0 Å². The number of pyridine rings is 1. The monoisotopic (exact) mass is 451 g/mol. The van der Waals surface area contributed by atoms with E-state index in [-0.39, 0.29) is 11.7 Å². The number of hydrogen-bond acceptors (Lipinski definition) is 4. The number of Topliss-reactive ketones (excluding diaryl/α,β-unsaturated/α-hetero) is 1. The Labute approximate surface area is 178 Å². The molecule has 0 spiro atoms. The van der Waals surface area contributed by atoms with Gasteiger partial charge in [0.05, 0.1) is 0 Å². The van der Waals surface area contributed by atoms with Crippen molar-refractivity contribution in [1.82, 2.24) is 10.3 Å². The topological polar surface area (TPSA) is 71.1 Å². The molecule has 2 heterocycles. The molecular weight excluding hydrogens is 430 g/mol. The molecule has 148 valence electrons.